The van der Waals surface area contributed by atoms with Crippen molar-refractivity contribution in [2.24, 2.45) is 5.10 Å². The van der Waals surface area contributed by atoms with Crippen LogP contribution in [0.4, 0.5) is 5.69 Å². The number of ketones is 1. The van der Waals surface area contributed by atoms with E-state index in [0.29, 0.717) is 22.4 Å². The number of nitrogens with zero attached hydrogens (tertiary/aromatic N) is 1. The Kier molecular flexibility index (Phi) is 3.66. The lowest BCUT2D eigenvalue weighted by Gasteiger charge is -2.03. The summed E-state index contributed by atoms with van der Waals surface area (Å²) in [5, 5.41) is 4.04. The van der Waals surface area contributed by atoms with Crippen molar-refractivity contribution in [2.75, 3.05) is 5.43 Å². The van der Waals surface area contributed by atoms with E-state index < -0.39 is 0 Å². The van der Waals surface area contributed by atoms with Crippen molar-refractivity contribution < 1.29 is 9.21 Å². The number of anilines is 1. The zero-order chi connectivity index (χ0) is 14.0. The Labute approximate surface area is 113 Å². The molecule has 0 bridgehead atoms. The van der Waals surface area contributed by atoms with Crippen molar-refractivity contribution >= 4 is 39.2 Å². The molecular weight excluding hydrogens is 268 g/mol. The Bertz CT molecular complexity index is 734. The number of Topliss-reactive ketones (excluding diaryl/α,β-unsaturated/α-hetero) is 1. The number of aryl methyl sites for hydroxylation is 1. The van der Waals surface area contributed by atoms with Crippen molar-refractivity contribution in [3.8, 4) is 0 Å². The largest absolute Gasteiger partial charge is 0.461 e. The summed E-state index contributed by atoms with van der Waals surface area (Å²) in [6, 6.07) is 6.33. The van der Waals surface area contributed by atoms with Gasteiger partial charge >= 0.3 is 0 Å². The van der Waals surface area contributed by atoms with Crippen LogP contribution in [-0.2, 0) is 4.79 Å². The number of benzene rings is 1. The van der Waals surface area contributed by atoms with E-state index in [0.717, 1.165) is 0 Å². The summed E-state index contributed by atoms with van der Waals surface area (Å²) in [7, 11) is 0. The van der Waals surface area contributed by atoms with E-state index >= 15 is 0 Å². The van der Waals surface area contributed by atoms with E-state index in [1.54, 1.807) is 25.1 Å². The first-order valence-corrected chi connectivity index (χ1v) is 5.90. The van der Waals surface area contributed by atoms with Gasteiger partial charge in [-0.15, -0.1) is 0 Å². The number of halogens is 1. The molecule has 0 saturated carbocycles. The third-order valence-corrected chi connectivity index (χ3v) is 2.78. The molecule has 0 radical (unpaired) electrons. The maximum atomic E-state index is 11.7. The molecule has 5 nitrogen and oxygen atoms in total. The Morgan fingerprint density at radius 2 is 2.11 bits per heavy atom. The lowest BCUT2D eigenvalue weighted by molar-refractivity contribution is -0.110. The van der Waals surface area contributed by atoms with Gasteiger partial charge < -0.3 is 4.42 Å². The number of nitrogens with one attached hydrogen (secondary N) is 1. The SMILES string of the molecule is CC(=O)/C(Cl)=N\Nc1ccc2c(=O)cc(C)oc2c1. The van der Waals surface area contributed by atoms with Gasteiger partial charge in [-0.3, -0.25) is 15.0 Å². The van der Waals surface area contributed by atoms with Crippen LogP contribution in [0.3, 0.4) is 0 Å². The molecule has 1 heterocycles. The summed E-state index contributed by atoms with van der Waals surface area (Å²) in [5.74, 6) is 0.192. The second-order valence-electron chi connectivity index (χ2n) is 4.00. The van der Waals surface area contributed by atoms with E-state index in [-0.39, 0.29) is 16.4 Å². The molecule has 2 rings (SSSR count). The average molecular weight is 279 g/mol. The Balaban J connectivity index is 2.40. The predicted octanol–water partition coefficient (Wildman–Crippen LogP) is 2.65. The molecule has 0 aliphatic carbocycles. The first kappa shape index (κ1) is 13.3. The molecule has 0 spiro atoms. The maximum Gasteiger partial charge on any atom is 0.192 e. The van der Waals surface area contributed by atoms with Crippen molar-refractivity contribution in [2.45, 2.75) is 13.8 Å². The molecule has 19 heavy (non-hydrogen) atoms. The lowest BCUT2D eigenvalue weighted by Crippen LogP contribution is -2.05. The van der Waals surface area contributed by atoms with Gasteiger partial charge in [0.25, 0.3) is 0 Å². The highest BCUT2D eigenvalue weighted by Gasteiger charge is 2.04. The van der Waals surface area contributed by atoms with Crippen molar-refractivity contribution in [3.05, 3.63) is 40.2 Å². The first-order chi connectivity index (χ1) is 8.97. The smallest absolute Gasteiger partial charge is 0.192 e. The molecule has 0 unspecified atom stereocenters. The molecule has 6 heteroatoms. The topological polar surface area (TPSA) is 71.7 Å². The predicted molar refractivity (Wildman–Crippen MR) is 74.8 cm³/mol. The molecule has 0 aliphatic heterocycles. The summed E-state index contributed by atoms with van der Waals surface area (Å²) in [6.45, 7) is 3.02. The van der Waals surface area contributed by atoms with Crippen LogP contribution in [0, 0.1) is 6.92 Å². The number of hydrogen-bond acceptors (Lipinski definition) is 5. The molecule has 1 N–H and O–H groups in total. The molecule has 0 aliphatic rings. The minimum absolute atomic E-state index is 0.101. The third kappa shape index (κ3) is 3.00. The van der Waals surface area contributed by atoms with Gasteiger partial charge in [0.15, 0.2) is 16.4 Å². The monoisotopic (exact) mass is 278 g/mol. The van der Waals surface area contributed by atoms with Gasteiger partial charge in [-0.2, -0.15) is 5.10 Å². The van der Waals surface area contributed by atoms with Gasteiger partial charge in [-0.25, -0.2) is 0 Å². The number of hydrogen-bond donors (Lipinski definition) is 1. The molecule has 2 aromatic rings. The van der Waals surface area contributed by atoms with Gasteiger partial charge in [0.1, 0.15) is 11.3 Å². The lowest BCUT2D eigenvalue weighted by atomic mass is 10.2. The molecule has 1 aromatic carbocycles. The van der Waals surface area contributed by atoms with E-state index in [2.05, 4.69) is 10.5 Å². The summed E-state index contributed by atoms with van der Waals surface area (Å²) in [4.78, 5) is 22.6. The number of hydrazone groups is 1. The van der Waals surface area contributed by atoms with Crippen LogP contribution in [0.15, 0.2) is 38.6 Å². The van der Waals surface area contributed by atoms with E-state index in [1.807, 2.05) is 0 Å². The highest BCUT2D eigenvalue weighted by atomic mass is 35.5. The quantitative estimate of drug-likeness (QED) is 0.692. The molecule has 0 atom stereocenters. The Hall–Kier alpha value is -2.14. The van der Waals surface area contributed by atoms with Gasteiger partial charge in [0.05, 0.1) is 11.1 Å². The average Bonchev–Trinajstić information content (AvgIpc) is 2.35. The number of fused-ring (bicyclic) bond motifs is 1. The molecule has 0 amide bonds. The summed E-state index contributed by atoms with van der Waals surface area (Å²) >= 11 is 5.60. The van der Waals surface area contributed by atoms with E-state index in [4.69, 9.17) is 16.0 Å². The van der Waals surface area contributed by atoms with Crippen LogP contribution >= 0.6 is 11.6 Å². The molecular formula is C13H11ClN2O3. The van der Waals surface area contributed by atoms with Crippen LogP contribution in [0.25, 0.3) is 11.0 Å². The van der Waals surface area contributed by atoms with Crippen molar-refractivity contribution in [3.63, 3.8) is 0 Å². The van der Waals surface area contributed by atoms with Crippen LogP contribution in [0.2, 0.25) is 0 Å². The number of carbonyl (C=O) groups is 1. The highest BCUT2D eigenvalue weighted by Crippen LogP contribution is 2.17. The minimum Gasteiger partial charge on any atom is -0.461 e. The molecule has 98 valence electrons. The minimum atomic E-state index is -0.336. The maximum absolute atomic E-state index is 11.7. The van der Waals surface area contributed by atoms with Crippen molar-refractivity contribution in [1.29, 1.82) is 0 Å². The van der Waals surface area contributed by atoms with Gasteiger partial charge in [-0.1, -0.05) is 11.6 Å². The standard InChI is InChI=1S/C13H11ClN2O3/c1-7-5-11(18)10-4-3-9(6-12(10)19-7)15-16-13(14)8(2)17/h3-6,15H,1-2H3/b16-13+. The van der Waals surface area contributed by atoms with Crippen molar-refractivity contribution in [1.82, 2.24) is 0 Å². The first-order valence-electron chi connectivity index (χ1n) is 5.52. The zero-order valence-electron chi connectivity index (χ0n) is 10.4. The molecule has 0 saturated heterocycles. The fourth-order valence-electron chi connectivity index (χ4n) is 1.54. The Morgan fingerprint density at radius 1 is 1.37 bits per heavy atom. The van der Waals surface area contributed by atoms with Crippen LogP contribution in [0.1, 0.15) is 12.7 Å². The number of carbonyl (C=O) groups excluding carboxylic acids is 1. The van der Waals surface area contributed by atoms with Gasteiger partial charge in [-0.05, 0) is 19.1 Å². The van der Waals surface area contributed by atoms with E-state index in [1.165, 1.54) is 13.0 Å². The number of rotatable bonds is 3. The third-order valence-electron chi connectivity index (χ3n) is 2.43. The summed E-state index contributed by atoms with van der Waals surface area (Å²) < 4.78 is 5.45. The highest BCUT2D eigenvalue weighted by molar-refractivity contribution is 6.82. The van der Waals surface area contributed by atoms with Crippen LogP contribution < -0.4 is 10.9 Å². The molecule has 1 aromatic heterocycles. The fraction of sp³-hybridized carbons (Fsp3) is 0.154. The fourth-order valence-corrected chi connectivity index (χ4v) is 1.58. The van der Waals surface area contributed by atoms with Gasteiger partial charge in [0, 0.05) is 19.1 Å². The molecule has 0 fully saturated rings. The Morgan fingerprint density at radius 3 is 2.79 bits per heavy atom. The van der Waals surface area contributed by atoms with E-state index in [9.17, 15) is 9.59 Å². The summed E-state index contributed by atoms with van der Waals surface area (Å²) in [5.41, 5.74) is 3.55. The van der Waals surface area contributed by atoms with Crippen LogP contribution in [0.5, 0.6) is 0 Å². The van der Waals surface area contributed by atoms with Gasteiger partial charge in [0.2, 0.25) is 0 Å². The zero-order valence-corrected chi connectivity index (χ0v) is 11.1. The normalized spacial score (nSPS) is 11.6. The summed E-state index contributed by atoms with van der Waals surface area (Å²) in [6.07, 6.45) is 0. The second-order valence-corrected chi connectivity index (χ2v) is 4.36. The second kappa shape index (κ2) is 5.24. The van der Waals surface area contributed by atoms with Crippen LogP contribution in [-0.4, -0.2) is 11.0 Å².